The number of carboxylic acids is 1. The van der Waals surface area contributed by atoms with E-state index in [0.717, 1.165) is 19.6 Å². The number of carbonyl (C=O) groups excluding carboxylic acids is 1. The number of carbonyl (C=O) groups is 2. The molecule has 6 nitrogen and oxygen atoms in total. The van der Waals surface area contributed by atoms with Gasteiger partial charge in [0.05, 0.1) is 6.42 Å². The molecule has 2 amide bonds. The molecule has 2 N–H and O–H groups in total. The van der Waals surface area contributed by atoms with E-state index in [9.17, 15) is 9.59 Å². The van der Waals surface area contributed by atoms with Crippen LogP contribution in [-0.2, 0) is 11.2 Å². The molecule has 2 rings (SSSR count). The topological polar surface area (TPSA) is 72.9 Å². The van der Waals surface area contributed by atoms with E-state index in [1.807, 2.05) is 0 Å². The highest BCUT2D eigenvalue weighted by atomic mass is 16.4. The van der Waals surface area contributed by atoms with Crippen molar-refractivity contribution in [3.05, 3.63) is 29.8 Å². The van der Waals surface area contributed by atoms with Gasteiger partial charge in [-0.05, 0) is 24.2 Å². The van der Waals surface area contributed by atoms with Crippen molar-refractivity contribution in [1.82, 2.24) is 9.80 Å². The zero-order valence-electron chi connectivity index (χ0n) is 12.2. The summed E-state index contributed by atoms with van der Waals surface area (Å²) in [6.45, 7) is 6.34. The van der Waals surface area contributed by atoms with Crippen molar-refractivity contribution in [3.63, 3.8) is 0 Å². The Bertz CT molecular complexity index is 511. The van der Waals surface area contributed by atoms with Crippen LogP contribution in [0.5, 0.6) is 0 Å². The lowest BCUT2D eigenvalue weighted by atomic mass is 10.1. The van der Waals surface area contributed by atoms with Crippen LogP contribution >= 0.6 is 0 Å². The average Bonchev–Trinajstić information content (AvgIpc) is 2.47. The molecule has 0 radical (unpaired) electrons. The summed E-state index contributed by atoms with van der Waals surface area (Å²) >= 11 is 0. The molecule has 1 aliphatic heterocycles. The van der Waals surface area contributed by atoms with Gasteiger partial charge in [-0.3, -0.25) is 4.79 Å². The number of aliphatic carboxylic acids is 1. The molecule has 0 unspecified atom stereocenters. The van der Waals surface area contributed by atoms with Crippen LogP contribution in [0, 0.1) is 0 Å². The SMILES string of the molecule is CCN1CCN(C(=O)Nc2cccc(CC(=O)O)c2)CC1. The number of nitrogens with zero attached hydrogens (tertiary/aromatic N) is 2. The van der Waals surface area contributed by atoms with Gasteiger partial charge >= 0.3 is 12.0 Å². The summed E-state index contributed by atoms with van der Waals surface area (Å²) < 4.78 is 0. The van der Waals surface area contributed by atoms with Crippen LogP contribution in [0.2, 0.25) is 0 Å². The summed E-state index contributed by atoms with van der Waals surface area (Å²) in [5, 5.41) is 11.6. The highest BCUT2D eigenvalue weighted by Gasteiger charge is 2.20. The minimum Gasteiger partial charge on any atom is -0.481 e. The number of anilines is 1. The Balaban J connectivity index is 1.92. The lowest BCUT2D eigenvalue weighted by molar-refractivity contribution is -0.136. The number of nitrogens with one attached hydrogen (secondary N) is 1. The summed E-state index contributed by atoms with van der Waals surface area (Å²) in [5.41, 5.74) is 1.31. The predicted molar refractivity (Wildman–Crippen MR) is 80.5 cm³/mol. The van der Waals surface area contributed by atoms with Crippen LogP contribution in [-0.4, -0.2) is 59.6 Å². The van der Waals surface area contributed by atoms with Gasteiger partial charge in [-0.15, -0.1) is 0 Å². The number of piperazine rings is 1. The van der Waals surface area contributed by atoms with Gasteiger partial charge < -0.3 is 20.2 Å². The minimum atomic E-state index is -0.880. The fourth-order valence-corrected chi connectivity index (χ4v) is 2.40. The molecule has 0 saturated carbocycles. The molecular formula is C15H21N3O3. The zero-order chi connectivity index (χ0) is 15.2. The third-order valence-electron chi connectivity index (χ3n) is 3.64. The van der Waals surface area contributed by atoms with Crippen molar-refractivity contribution in [2.24, 2.45) is 0 Å². The van der Waals surface area contributed by atoms with Gasteiger partial charge in [0.25, 0.3) is 0 Å². The number of amides is 2. The first kappa shape index (κ1) is 15.3. The fraction of sp³-hybridized carbons (Fsp3) is 0.467. The third kappa shape index (κ3) is 4.46. The van der Waals surface area contributed by atoms with Gasteiger partial charge in [0, 0.05) is 31.9 Å². The molecule has 1 fully saturated rings. The molecule has 6 heteroatoms. The first-order chi connectivity index (χ1) is 10.1. The Kier molecular flexibility index (Phi) is 5.16. The van der Waals surface area contributed by atoms with Gasteiger partial charge in [0.2, 0.25) is 0 Å². The number of hydrogen-bond donors (Lipinski definition) is 2. The van der Waals surface area contributed by atoms with Gasteiger partial charge in [-0.1, -0.05) is 19.1 Å². The number of urea groups is 1. The second kappa shape index (κ2) is 7.08. The normalized spacial score (nSPS) is 15.8. The molecule has 1 aliphatic rings. The zero-order valence-corrected chi connectivity index (χ0v) is 12.2. The van der Waals surface area contributed by atoms with E-state index in [0.29, 0.717) is 24.3 Å². The fourth-order valence-electron chi connectivity index (χ4n) is 2.40. The largest absolute Gasteiger partial charge is 0.481 e. The summed E-state index contributed by atoms with van der Waals surface area (Å²) in [5.74, 6) is -0.880. The first-order valence-corrected chi connectivity index (χ1v) is 7.17. The quantitative estimate of drug-likeness (QED) is 0.881. The summed E-state index contributed by atoms with van der Waals surface area (Å²) in [4.78, 5) is 27.0. The predicted octanol–water partition coefficient (Wildman–Crippen LogP) is 1.48. The first-order valence-electron chi connectivity index (χ1n) is 7.17. The standard InChI is InChI=1S/C15H21N3O3/c1-2-17-6-8-18(9-7-17)15(21)16-13-5-3-4-12(10-13)11-14(19)20/h3-5,10H,2,6-9,11H2,1H3,(H,16,21)(H,19,20). The molecule has 1 aromatic rings. The highest BCUT2D eigenvalue weighted by Crippen LogP contribution is 2.13. The van der Waals surface area contributed by atoms with Crippen molar-refractivity contribution in [2.75, 3.05) is 38.0 Å². The monoisotopic (exact) mass is 291 g/mol. The van der Waals surface area contributed by atoms with Crippen molar-refractivity contribution in [1.29, 1.82) is 0 Å². The van der Waals surface area contributed by atoms with Crippen molar-refractivity contribution < 1.29 is 14.7 Å². The smallest absolute Gasteiger partial charge is 0.321 e. The molecule has 0 spiro atoms. The molecule has 0 bridgehead atoms. The van der Waals surface area contributed by atoms with Gasteiger partial charge in [0.15, 0.2) is 0 Å². The van der Waals surface area contributed by atoms with E-state index >= 15 is 0 Å². The lowest BCUT2D eigenvalue weighted by Crippen LogP contribution is -2.49. The molecule has 21 heavy (non-hydrogen) atoms. The maximum Gasteiger partial charge on any atom is 0.321 e. The van der Waals surface area contributed by atoms with E-state index in [2.05, 4.69) is 17.1 Å². The van der Waals surface area contributed by atoms with Crippen LogP contribution < -0.4 is 5.32 Å². The number of benzene rings is 1. The summed E-state index contributed by atoms with van der Waals surface area (Å²) in [6.07, 6.45) is -0.0428. The van der Waals surface area contributed by atoms with Crippen LogP contribution in [0.15, 0.2) is 24.3 Å². The minimum absolute atomic E-state index is 0.0428. The third-order valence-corrected chi connectivity index (χ3v) is 3.64. The molecule has 1 heterocycles. The lowest BCUT2D eigenvalue weighted by Gasteiger charge is -2.34. The molecule has 0 aromatic heterocycles. The Labute approximate surface area is 124 Å². The summed E-state index contributed by atoms with van der Waals surface area (Å²) in [6, 6.07) is 6.84. The molecule has 0 atom stereocenters. The van der Waals surface area contributed by atoms with E-state index in [-0.39, 0.29) is 12.5 Å². The van der Waals surface area contributed by atoms with Crippen molar-refractivity contribution in [2.45, 2.75) is 13.3 Å². The second-order valence-electron chi connectivity index (χ2n) is 5.12. The van der Waals surface area contributed by atoms with Gasteiger partial charge in [-0.25, -0.2) is 4.79 Å². The maximum absolute atomic E-state index is 12.2. The van der Waals surface area contributed by atoms with E-state index in [1.54, 1.807) is 29.2 Å². The van der Waals surface area contributed by atoms with Crippen LogP contribution in [0.3, 0.4) is 0 Å². The van der Waals surface area contributed by atoms with Crippen LogP contribution in [0.4, 0.5) is 10.5 Å². The molecule has 0 aliphatic carbocycles. The number of hydrogen-bond acceptors (Lipinski definition) is 3. The van der Waals surface area contributed by atoms with E-state index in [4.69, 9.17) is 5.11 Å². The molecular weight excluding hydrogens is 270 g/mol. The number of rotatable bonds is 4. The Morgan fingerprint density at radius 2 is 1.95 bits per heavy atom. The molecule has 1 aromatic carbocycles. The second-order valence-corrected chi connectivity index (χ2v) is 5.12. The van der Waals surface area contributed by atoms with E-state index in [1.165, 1.54) is 0 Å². The Morgan fingerprint density at radius 3 is 2.57 bits per heavy atom. The van der Waals surface area contributed by atoms with Crippen LogP contribution in [0.25, 0.3) is 0 Å². The Morgan fingerprint density at radius 1 is 1.24 bits per heavy atom. The molecule has 1 saturated heterocycles. The van der Waals surface area contributed by atoms with Gasteiger partial charge in [0.1, 0.15) is 0 Å². The van der Waals surface area contributed by atoms with E-state index < -0.39 is 5.97 Å². The average molecular weight is 291 g/mol. The van der Waals surface area contributed by atoms with Gasteiger partial charge in [-0.2, -0.15) is 0 Å². The Hall–Kier alpha value is -2.08. The van der Waals surface area contributed by atoms with Crippen molar-refractivity contribution in [3.8, 4) is 0 Å². The highest BCUT2D eigenvalue weighted by molar-refractivity contribution is 5.89. The number of likely N-dealkylation sites (N-methyl/N-ethyl adjacent to an activating group) is 1. The van der Waals surface area contributed by atoms with Crippen LogP contribution in [0.1, 0.15) is 12.5 Å². The molecule has 114 valence electrons. The number of carboxylic acid groups (broad SMARTS) is 1. The summed E-state index contributed by atoms with van der Waals surface area (Å²) in [7, 11) is 0. The van der Waals surface area contributed by atoms with Crippen molar-refractivity contribution >= 4 is 17.7 Å². The maximum atomic E-state index is 12.2.